The third-order valence-corrected chi connectivity index (χ3v) is 18.1. The van der Waals surface area contributed by atoms with Crippen LogP contribution in [-0.2, 0) is 16.6 Å². The molecule has 1 amide bonds. The van der Waals surface area contributed by atoms with Crippen LogP contribution in [0.1, 0.15) is 111 Å². The molecule has 4 N–H and O–H groups in total. The summed E-state index contributed by atoms with van der Waals surface area (Å²) in [6.07, 6.45) is 11.6. The Hall–Kier alpha value is -6.87. The first-order valence-corrected chi connectivity index (χ1v) is 28.3. The van der Waals surface area contributed by atoms with Gasteiger partial charge in [-0.05, 0) is 129 Å². The maximum Gasteiger partial charge on any atom is 0.312 e. The zero-order valence-corrected chi connectivity index (χ0v) is 45.7. The van der Waals surface area contributed by atoms with Gasteiger partial charge in [0.25, 0.3) is 15.9 Å². The summed E-state index contributed by atoms with van der Waals surface area (Å²) < 4.78 is 41.4. The van der Waals surface area contributed by atoms with Crippen LogP contribution >= 0.6 is 0 Å². The van der Waals surface area contributed by atoms with Gasteiger partial charge < -0.3 is 34.7 Å². The number of aromatic amines is 1. The minimum absolute atomic E-state index is 0.0489. The van der Waals surface area contributed by atoms with E-state index in [1.807, 2.05) is 36.5 Å². The molecule has 77 heavy (non-hydrogen) atoms. The number of H-pyrrole nitrogens is 1. The molecule has 10 rings (SSSR count). The molecule has 6 heterocycles. The summed E-state index contributed by atoms with van der Waals surface area (Å²) in [5.74, 6) is 0.462. The predicted octanol–water partition coefficient (Wildman–Crippen LogP) is 8.95. The number of nitro groups is 1. The summed E-state index contributed by atoms with van der Waals surface area (Å²) in [6, 6.07) is 23.9. The molecule has 408 valence electrons. The Morgan fingerprint density at radius 2 is 1.73 bits per heavy atom. The molecule has 0 radical (unpaired) electrons. The SMILES string of the molecule is COc1cc(CN2CCN(C3CC4(CCN(c5ccc(C(=O)NS(=O)(=O)c6cnc(NCC7CCC(C)(O)CC7)c([N+](=O)[O-])c6)c(N(C)c6cc7cc[nH]c7nc6OC)c5)CC4)C3)[C@H](c3ccccc3C(C)C)C2)ccn1. The first-order chi connectivity index (χ1) is 36.9. The topological polar surface area (TPSA) is 225 Å². The van der Waals surface area contributed by atoms with Crippen molar-refractivity contribution in [2.45, 2.75) is 107 Å². The highest BCUT2D eigenvalue weighted by molar-refractivity contribution is 7.90. The number of rotatable bonds is 17. The number of nitrogens with zero attached hydrogens (tertiary/aromatic N) is 8. The molecule has 0 bridgehead atoms. The number of piperazine rings is 1. The standard InChI is InChI=1S/C57H71N11O8S/c1-37(2)44-9-7-8-10-45(44)50-36-65(35-39-15-21-58-51(27-39)75-5)25-26-67(50)42-31-57(32-42)19-23-66(24-20-57)41-11-12-46(47(29-41)64(4)49-28-40-16-22-59-52(40)62-55(49)76-6)54(69)63-77(73,74)43-30-48(68(71)72)53(61-34-43)60-33-38-13-17-56(3,70)18-14-38/h7-12,15-16,21-22,27-30,34,37-38,42,50,70H,13-14,17-20,23-26,31-33,35-36H2,1-6H3,(H,59,62)(H,60,61)(H,63,69)/t38?,50-,56?/m0/s1. The van der Waals surface area contributed by atoms with Gasteiger partial charge in [-0.25, -0.2) is 23.1 Å². The number of fused-ring (bicyclic) bond motifs is 1. The van der Waals surface area contributed by atoms with Crippen LogP contribution in [0.25, 0.3) is 11.0 Å². The Bertz CT molecular complexity index is 3230. The summed E-state index contributed by atoms with van der Waals surface area (Å²) >= 11 is 0. The summed E-state index contributed by atoms with van der Waals surface area (Å²) in [5.41, 5.74) is 5.43. The average molecular weight is 1070 g/mol. The van der Waals surface area contributed by atoms with Crippen molar-refractivity contribution < 1.29 is 32.7 Å². The highest BCUT2D eigenvalue weighted by Crippen LogP contribution is 2.53. The number of benzene rings is 2. The molecule has 1 spiro atoms. The van der Waals surface area contributed by atoms with Gasteiger partial charge in [0.05, 0.1) is 42.2 Å². The van der Waals surface area contributed by atoms with Gasteiger partial charge in [0.1, 0.15) is 16.2 Å². The second-order valence-electron chi connectivity index (χ2n) is 22.3. The highest BCUT2D eigenvalue weighted by atomic mass is 32.2. The predicted molar refractivity (Wildman–Crippen MR) is 297 cm³/mol. The van der Waals surface area contributed by atoms with Crippen LogP contribution in [0.15, 0.2) is 96.3 Å². The van der Waals surface area contributed by atoms with Gasteiger partial charge in [-0.3, -0.25) is 24.7 Å². The summed E-state index contributed by atoms with van der Waals surface area (Å²) in [4.78, 5) is 51.2. The molecule has 4 fully saturated rings. The molecule has 2 aliphatic carbocycles. The van der Waals surface area contributed by atoms with Crippen LogP contribution in [0.2, 0.25) is 0 Å². The van der Waals surface area contributed by atoms with Gasteiger partial charge in [0, 0.05) is 101 Å². The van der Waals surface area contributed by atoms with E-state index in [0.717, 1.165) is 101 Å². The molecule has 0 unspecified atom stereocenters. The Morgan fingerprint density at radius 1 is 0.961 bits per heavy atom. The number of methoxy groups -OCH3 is 2. The first kappa shape index (κ1) is 53.5. The minimum atomic E-state index is -4.67. The molecule has 2 saturated carbocycles. The minimum Gasteiger partial charge on any atom is -0.481 e. The van der Waals surface area contributed by atoms with Gasteiger partial charge >= 0.3 is 5.69 Å². The number of carbonyl (C=O) groups is 1. The molecule has 6 aromatic rings. The molecule has 2 aliphatic heterocycles. The monoisotopic (exact) mass is 1070 g/mol. The average Bonchev–Trinajstić information content (AvgIpc) is 3.89. The van der Waals surface area contributed by atoms with Crippen LogP contribution in [0.3, 0.4) is 0 Å². The van der Waals surface area contributed by atoms with Crippen molar-refractivity contribution in [1.82, 2.24) is 34.5 Å². The lowest BCUT2D eigenvalue weighted by Gasteiger charge is -2.58. The van der Waals surface area contributed by atoms with E-state index in [4.69, 9.17) is 9.47 Å². The van der Waals surface area contributed by atoms with E-state index in [1.165, 1.54) is 23.8 Å². The van der Waals surface area contributed by atoms with E-state index >= 15 is 0 Å². The van der Waals surface area contributed by atoms with E-state index in [0.29, 0.717) is 60.1 Å². The summed E-state index contributed by atoms with van der Waals surface area (Å²) in [7, 11) is 0.278. The lowest BCUT2D eigenvalue weighted by atomic mass is 9.59. The van der Waals surface area contributed by atoms with Gasteiger partial charge in [0.15, 0.2) is 0 Å². The van der Waals surface area contributed by atoms with Gasteiger partial charge in [-0.1, -0.05) is 38.1 Å². The van der Waals surface area contributed by atoms with E-state index < -0.39 is 37.0 Å². The number of aliphatic hydroxyl groups is 1. The largest absolute Gasteiger partial charge is 0.481 e. The molecule has 20 heteroatoms. The highest BCUT2D eigenvalue weighted by Gasteiger charge is 2.50. The fourth-order valence-corrected chi connectivity index (χ4v) is 13.2. The van der Waals surface area contributed by atoms with Crippen LogP contribution in [0, 0.1) is 21.4 Å². The fourth-order valence-electron chi connectivity index (χ4n) is 12.3. The number of pyridine rings is 3. The molecular formula is C57H71N11O8S. The summed E-state index contributed by atoms with van der Waals surface area (Å²) in [6.45, 7) is 12.1. The number of sulfonamides is 1. The number of hydrogen-bond donors (Lipinski definition) is 4. The number of aromatic nitrogens is 4. The van der Waals surface area contributed by atoms with E-state index in [2.05, 4.69) is 88.9 Å². The van der Waals surface area contributed by atoms with E-state index in [1.54, 1.807) is 38.2 Å². The third-order valence-electron chi connectivity index (χ3n) is 16.8. The van der Waals surface area contributed by atoms with Crippen LogP contribution in [0.4, 0.5) is 28.6 Å². The number of carbonyl (C=O) groups excluding carboxylic acids is 1. The maximum absolute atomic E-state index is 14.4. The van der Waals surface area contributed by atoms with E-state index in [9.17, 15) is 28.4 Å². The van der Waals surface area contributed by atoms with Crippen LogP contribution in [-0.4, -0.2) is 126 Å². The van der Waals surface area contributed by atoms with Crippen molar-refractivity contribution in [3.05, 3.63) is 124 Å². The zero-order chi connectivity index (χ0) is 54.2. The second kappa shape index (κ2) is 21.9. The third kappa shape index (κ3) is 11.4. The van der Waals surface area contributed by atoms with Crippen LogP contribution in [0.5, 0.6) is 11.8 Å². The Morgan fingerprint density at radius 3 is 2.45 bits per heavy atom. The lowest BCUT2D eigenvalue weighted by Crippen LogP contribution is -2.60. The first-order valence-electron chi connectivity index (χ1n) is 26.8. The number of anilines is 4. The number of amides is 1. The number of hydrogen-bond acceptors (Lipinski definition) is 16. The molecule has 1 atom stereocenters. The van der Waals surface area contributed by atoms with Crippen molar-refractivity contribution in [2.24, 2.45) is 11.3 Å². The van der Waals surface area contributed by atoms with Crippen molar-refractivity contribution >= 4 is 55.5 Å². The van der Waals surface area contributed by atoms with Crippen molar-refractivity contribution in [2.75, 3.05) is 75.7 Å². The molecule has 2 saturated heterocycles. The van der Waals surface area contributed by atoms with Crippen molar-refractivity contribution in [3.8, 4) is 11.8 Å². The lowest BCUT2D eigenvalue weighted by molar-refractivity contribution is -0.384. The molecule has 4 aromatic heterocycles. The molecule has 2 aromatic carbocycles. The van der Waals surface area contributed by atoms with E-state index in [-0.39, 0.29) is 28.8 Å². The van der Waals surface area contributed by atoms with Crippen molar-refractivity contribution in [3.63, 3.8) is 0 Å². The Balaban J connectivity index is 0.863. The number of ether oxygens (including phenoxy) is 2. The molecule has 4 aliphatic rings. The van der Waals surface area contributed by atoms with Crippen molar-refractivity contribution in [1.29, 1.82) is 0 Å². The van der Waals surface area contributed by atoms with Gasteiger partial charge in [-0.15, -0.1) is 0 Å². The maximum atomic E-state index is 14.4. The quantitative estimate of drug-likeness (QED) is 0.0494. The van der Waals surface area contributed by atoms with Gasteiger partial charge in [-0.2, -0.15) is 4.98 Å². The van der Waals surface area contributed by atoms with Crippen LogP contribution < -0.4 is 29.3 Å². The summed E-state index contributed by atoms with van der Waals surface area (Å²) in [5, 5.41) is 26.5. The second-order valence-corrected chi connectivity index (χ2v) is 24.0. The smallest absolute Gasteiger partial charge is 0.312 e. The Labute approximate surface area is 450 Å². The number of nitrogens with one attached hydrogen (secondary N) is 3. The normalized spacial score (nSPS) is 21.2. The molecular weight excluding hydrogens is 999 g/mol. The molecule has 19 nitrogen and oxygen atoms in total. The Kier molecular flexibility index (Phi) is 15.2. The zero-order valence-electron chi connectivity index (χ0n) is 44.9. The fraction of sp³-hybridized carbons (Fsp3) is 0.474. The number of piperidine rings is 1. The van der Waals surface area contributed by atoms with Gasteiger partial charge in [0.2, 0.25) is 17.6 Å².